The lowest BCUT2D eigenvalue weighted by Gasteiger charge is -2.09. The molecule has 1 rings (SSSR count). The van der Waals surface area contributed by atoms with Crippen molar-refractivity contribution in [2.75, 3.05) is 7.11 Å². The fourth-order valence-electron chi connectivity index (χ4n) is 0.847. The molecule has 0 aromatic carbocycles. The van der Waals surface area contributed by atoms with Crippen molar-refractivity contribution in [3.63, 3.8) is 0 Å². The van der Waals surface area contributed by atoms with Gasteiger partial charge in [0.25, 0.3) is 6.43 Å². The van der Waals surface area contributed by atoms with Crippen molar-refractivity contribution in [3.8, 4) is 11.5 Å². The number of alkyl halides is 2. The molecule has 0 aliphatic rings. The van der Waals surface area contributed by atoms with Gasteiger partial charge in [-0.3, -0.25) is 0 Å². The van der Waals surface area contributed by atoms with E-state index in [1.165, 1.54) is 7.11 Å². The van der Waals surface area contributed by atoms with Crippen molar-refractivity contribution >= 4 is 22.6 Å². The van der Waals surface area contributed by atoms with Crippen molar-refractivity contribution in [2.24, 2.45) is 0 Å². The Morgan fingerprint density at radius 1 is 1.62 bits per heavy atom. The van der Waals surface area contributed by atoms with E-state index in [4.69, 9.17) is 0 Å². The van der Waals surface area contributed by atoms with E-state index in [0.29, 0.717) is 0 Å². The molecular weight excluding hydrogens is 295 g/mol. The van der Waals surface area contributed by atoms with Crippen LogP contribution in [-0.4, -0.2) is 17.2 Å². The van der Waals surface area contributed by atoms with E-state index in [-0.39, 0.29) is 9.45 Å². The highest BCUT2D eigenvalue weighted by Gasteiger charge is 2.21. The minimum Gasteiger partial charge on any atom is -0.505 e. The van der Waals surface area contributed by atoms with Crippen molar-refractivity contribution < 1.29 is 18.6 Å². The third kappa shape index (κ3) is 1.98. The number of aromatic hydroxyl groups is 1. The molecule has 1 heterocycles. The quantitative estimate of drug-likeness (QED) is 0.673. The highest BCUT2D eigenvalue weighted by atomic mass is 127. The fourth-order valence-corrected chi connectivity index (χ4v) is 1.28. The summed E-state index contributed by atoms with van der Waals surface area (Å²) in [5, 5.41) is 9.25. The van der Waals surface area contributed by atoms with Gasteiger partial charge >= 0.3 is 0 Å². The molecule has 6 heteroatoms. The fraction of sp³-hybridized carbons (Fsp3) is 0.286. The van der Waals surface area contributed by atoms with Crippen LogP contribution in [-0.2, 0) is 0 Å². The molecule has 0 amide bonds. The molecule has 13 heavy (non-hydrogen) atoms. The topological polar surface area (TPSA) is 42.4 Å². The van der Waals surface area contributed by atoms with Crippen LogP contribution >= 0.6 is 22.6 Å². The van der Waals surface area contributed by atoms with E-state index in [2.05, 4.69) is 9.72 Å². The lowest BCUT2D eigenvalue weighted by molar-refractivity contribution is 0.142. The second kappa shape index (κ2) is 4.03. The summed E-state index contributed by atoms with van der Waals surface area (Å²) >= 11 is 1.67. The molecule has 72 valence electrons. The number of nitrogens with zero attached hydrogens (tertiary/aromatic N) is 1. The van der Waals surface area contributed by atoms with Gasteiger partial charge in [-0.05, 0) is 22.6 Å². The monoisotopic (exact) mass is 301 g/mol. The summed E-state index contributed by atoms with van der Waals surface area (Å²) in [6, 6.07) is 0. The largest absolute Gasteiger partial charge is 0.505 e. The minimum absolute atomic E-state index is 0.104. The zero-order valence-corrected chi connectivity index (χ0v) is 8.75. The van der Waals surface area contributed by atoms with Crippen LogP contribution in [0.2, 0.25) is 0 Å². The van der Waals surface area contributed by atoms with Crippen LogP contribution in [0.3, 0.4) is 0 Å². The number of hydrogen-bond acceptors (Lipinski definition) is 3. The number of methoxy groups -OCH3 is 1. The molecule has 0 unspecified atom stereocenters. The normalized spacial score (nSPS) is 10.5. The first-order chi connectivity index (χ1) is 6.07. The summed E-state index contributed by atoms with van der Waals surface area (Å²) in [5.41, 5.74) is -0.512. The Morgan fingerprint density at radius 2 is 2.23 bits per heavy atom. The summed E-state index contributed by atoms with van der Waals surface area (Å²) in [5.74, 6) is -0.622. The molecule has 0 saturated heterocycles. The molecule has 0 saturated carbocycles. The van der Waals surface area contributed by atoms with E-state index in [9.17, 15) is 13.9 Å². The summed E-state index contributed by atoms with van der Waals surface area (Å²) in [4.78, 5) is 3.67. The Bertz CT molecular complexity index is 320. The molecule has 1 N–H and O–H groups in total. The standard InChI is InChI=1S/C7H6F2INO2/c1-13-3-2-11-7(10)5(12)4(3)6(8)9/h2,6,12H,1H3. The van der Waals surface area contributed by atoms with Crippen LogP contribution in [0.5, 0.6) is 11.5 Å². The molecule has 0 atom stereocenters. The lowest BCUT2D eigenvalue weighted by Crippen LogP contribution is -1.96. The minimum atomic E-state index is -2.77. The summed E-state index contributed by atoms with van der Waals surface area (Å²) in [6.07, 6.45) is -1.62. The number of rotatable bonds is 2. The van der Waals surface area contributed by atoms with Gasteiger partial charge in [-0.25, -0.2) is 13.8 Å². The lowest BCUT2D eigenvalue weighted by atomic mass is 10.2. The van der Waals surface area contributed by atoms with Gasteiger partial charge in [0.05, 0.1) is 13.3 Å². The van der Waals surface area contributed by atoms with Gasteiger partial charge in [0.2, 0.25) is 0 Å². The molecule has 0 aliphatic carbocycles. The first-order valence-electron chi connectivity index (χ1n) is 3.27. The number of pyridine rings is 1. The van der Waals surface area contributed by atoms with Crippen molar-refractivity contribution in [3.05, 3.63) is 15.5 Å². The van der Waals surface area contributed by atoms with Gasteiger partial charge in [-0.15, -0.1) is 0 Å². The van der Waals surface area contributed by atoms with Crippen LogP contribution in [0.4, 0.5) is 8.78 Å². The highest BCUT2D eigenvalue weighted by molar-refractivity contribution is 14.1. The van der Waals surface area contributed by atoms with Crippen LogP contribution < -0.4 is 4.74 Å². The molecule has 1 aromatic heterocycles. The number of aromatic nitrogens is 1. The van der Waals surface area contributed by atoms with E-state index in [1.807, 2.05) is 0 Å². The first kappa shape index (κ1) is 10.4. The molecule has 1 aromatic rings. The van der Waals surface area contributed by atoms with Crippen molar-refractivity contribution in [1.82, 2.24) is 4.98 Å². The average molecular weight is 301 g/mol. The van der Waals surface area contributed by atoms with E-state index < -0.39 is 17.7 Å². The van der Waals surface area contributed by atoms with Crippen LogP contribution in [0, 0.1) is 3.70 Å². The number of hydrogen-bond donors (Lipinski definition) is 1. The van der Waals surface area contributed by atoms with Crippen LogP contribution in [0.15, 0.2) is 6.20 Å². The third-order valence-electron chi connectivity index (χ3n) is 1.45. The zero-order chi connectivity index (χ0) is 10.0. The van der Waals surface area contributed by atoms with Crippen molar-refractivity contribution in [2.45, 2.75) is 6.43 Å². The molecule has 0 aliphatic heterocycles. The van der Waals surface area contributed by atoms with Gasteiger partial charge in [-0.2, -0.15) is 0 Å². The second-order valence-electron chi connectivity index (χ2n) is 2.18. The van der Waals surface area contributed by atoms with Crippen molar-refractivity contribution in [1.29, 1.82) is 0 Å². The Kier molecular flexibility index (Phi) is 3.23. The van der Waals surface area contributed by atoms with E-state index in [0.717, 1.165) is 6.20 Å². The van der Waals surface area contributed by atoms with Gasteiger partial charge in [-0.1, -0.05) is 0 Å². The second-order valence-corrected chi connectivity index (χ2v) is 3.20. The maximum Gasteiger partial charge on any atom is 0.271 e. The zero-order valence-electron chi connectivity index (χ0n) is 6.59. The Labute approximate surface area is 86.9 Å². The van der Waals surface area contributed by atoms with Gasteiger partial charge in [0, 0.05) is 0 Å². The van der Waals surface area contributed by atoms with Gasteiger partial charge in [0.15, 0.2) is 5.75 Å². The maximum absolute atomic E-state index is 12.4. The van der Waals surface area contributed by atoms with E-state index in [1.54, 1.807) is 22.6 Å². The van der Waals surface area contributed by atoms with Gasteiger partial charge in [0.1, 0.15) is 15.0 Å². The molecule has 0 fully saturated rings. The molecule has 3 nitrogen and oxygen atoms in total. The molecule has 0 radical (unpaired) electrons. The molecule has 0 spiro atoms. The van der Waals surface area contributed by atoms with Gasteiger partial charge < -0.3 is 9.84 Å². The Balaban J connectivity index is 3.32. The first-order valence-corrected chi connectivity index (χ1v) is 4.35. The number of ether oxygens (including phenoxy) is 1. The molecule has 0 bridgehead atoms. The maximum atomic E-state index is 12.4. The smallest absolute Gasteiger partial charge is 0.271 e. The highest BCUT2D eigenvalue weighted by Crippen LogP contribution is 2.37. The summed E-state index contributed by atoms with van der Waals surface area (Å²) in [6.45, 7) is 0. The third-order valence-corrected chi connectivity index (χ3v) is 2.24. The van der Waals surface area contributed by atoms with Crippen LogP contribution in [0.25, 0.3) is 0 Å². The molecular formula is C7H6F2INO2. The summed E-state index contributed by atoms with van der Waals surface area (Å²) in [7, 11) is 1.25. The van der Waals surface area contributed by atoms with E-state index >= 15 is 0 Å². The Morgan fingerprint density at radius 3 is 2.69 bits per heavy atom. The number of halogens is 3. The summed E-state index contributed by atoms with van der Waals surface area (Å²) < 4.78 is 29.5. The van der Waals surface area contributed by atoms with Crippen LogP contribution in [0.1, 0.15) is 12.0 Å². The predicted molar refractivity (Wildman–Crippen MR) is 50.1 cm³/mol. The average Bonchev–Trinajstić information content (AvgIpc) is 2.08. The Hall–Kier alpha value is -0.660. The SMILES string of the molecule is COc1cnc(I)c(O)c1C(F)F. The predicted octanol–water partition coefficient (Wildman–Crippen LogP) is 2.34.